The molecule has 0 unspecified atom stereocenters. The van der Waals surface area contributed by atoms with Gasteiger partial charge in [0.05, 0.1) is 13.1 Å². The predicted molar refractivity (Wildman–Crippen MR) is 110 cm³/mol. The second kappa shape index (κ2) is 9.74. The number of imide groups is 1. The van der Waals surface area contributed by atoms with E-state index in [2.05, 4.69) is 15.6 Å². The SMILES string of the molecule is CC[C@@]1(C)NC(=O)N(NC(=O)CN2CCN(CC(=O)N3CCCCCC3)CC2)C1=O. The third-order valence-corrected chi connectivity index (χ3v) is 6.35. The molecule has 30 heavy (non-hydrogen) atoms. The summed E-state index contributed by atoms with van der Waals surface area (Å²) in [6.07, 6.45) is 5.02. The molecule has 5 amide bonds. The first-order chi connectivity index (χ1) is 14.3. The van der Waals surface area contributed by atoms with Gasteiger partial charge in [0.2, 0.25) is 5.91 Å². The van der Waals surface area contributed by atoms with E-state index < -0.39 is 23.4 Å². The van der Waals surface area contributed by atoms with E-state index in [9.17, 15) is 19.2 Å². The van der Waals surface area contributed by atoms with Gasteiger partial charge in [0, 0.05) is 39.3 Å². The lowest BCUT2D eigenvalue weighted by Crippen LogP contribution is -2.54. The van der Waals surface area contributed by atoms with E-state index in [-0.39, 0.29) is 12.5 Å². The van der Waals surface area contributed by atoms with E-state index >= 15 is 0 Å². The molecule has 0 aliphatic carbocycles. The molecule has 0 spiro atoms. The maximum Gasteiger partial charge on any atom is 0.344 e. The highest BCUT2D eigenvalue weighted by molar-refractivity contribution is 6.07. The summed E-state index contributed by atoms with van der Waals surface area (Å²) in [5.74, 6) is -0.645. The Kier molecular flexibility index (Phi) is 7.30. The van der Waals surface area contributed by atoms with Crippen LogP contribution >= 0.6 is 0 Å². The molecule has 2 N–H and O–H groups in total. The van der Waals surface area contributed by atoms with Gasteiger partial charge in [-0.2, -0.15) is 5.01 Å². The van der Waals surface area contributed by atoms with Crippen molar-refractivity contribution in [3.8, 4) is 0 Å². The number of piperazine rings is 1. The van der Waals surface area contributed by atoms with Gasteiger partial charge in [-0.3, -0.25) is 29.6 Å². The van der Waals surface area contributed by atoms with Crippen molar-refractivity contribution < 1.29 is 19.2 Å². The van der Waals surface area contributed by atoms with Crippen LogP contribution in [0.3, 0.4) is 0 Å². The third kappa shape index (κ3) is 5.28. The fourth-order valence-corrected chi connectivity index (χ4v) is 4.11. The number of carbonyl (C=O) groups excluding carboxylic acids is 4. The number of rotatable bonds is 6. The second-order valence-electron chi connectivity index (χ2n) is 8.64. The van der Waals surface area contributed by atoms with Gasteiger partial charge >= 0.3 is 6.03 Å². The number of nitrogens with one attached hydrogen (secondary N) is 2. The number of carbonyl (C=O) groups is 4. The molecule has 0 radical (unpaired) electrons. The topological polar surface area (TPSA) is 105 Å². The molecule has 168 valence electrons. The summed E-state index contributed by atoms with van der Waals surface area (Å²) in [7, 11) is 0. The van der Waals surface area contributed by atoms with Crippen LogP contribution in [0, 0.1) is 0 Å². The smallest absolute Gasteiger partial charge is 0.342 e. The molecule has 3 aliphatic heterocycles. The quantitative estimate of drug-likeness (QED) is 0.573. The number of urea groups is 1. The lowest BCUT2D eigenvalue weighted by atomic mass is 10.00. The van der Waals surface area contributed by atoms with Crippen LogP contribution in [0.15, 0.2) is 0 Å². The summed E-state index contributed by atoms with van der Waals surface area (Å²) in [6, 6.07) is -0.602. The number of likely N-dealkylation sites (tertiary alicyclic amines) is 1. The monoisotopic (exact) mass is 422 g/mol. The first-order valence-corrected chi connectivity index (χ1v) is 11.0. The van der Waals surface area contributed by atoms with Crippen LogP contribution in [0.1, 0.15) is 46.0 Å². The number of hydrogen-bond donors (Lipinski definition) is 2. The highest BCUT2D eigenvalue weighted by Crippen LogP contribution is 2.19. The number of nitrogens with zero attached hydrogens (tertiary/aromatic N) is 4. The number of hydrazine groups is 1. The molecule has 3 rings (SSSR count). The zero-order valence-electron chi connectivity index (χ0n) is 18.1. The van der Waals surface area contributed by atoms with Gasteiger partial charge in [-0.25, -0.2) is 4.79 Å². The van der Waals surface area contributed by atoms with Crippen molar-refractivity contribution in [2.45, 2.75) is 51.5 Å². The van der Waals surface area contributed by atoms with Crippen LogP contribution in [0.5, 0.6) is 0 Å². The maximum absolute atomic E-state index is 12.5. The normalized spacial score (nSPS) is 26.5. The molecule has 0 aromatic heterocycles. The van der Waals surface area contributed by atoms with Gasteiger partial charge < -0.3 is 10.2 Å². The molecule has 0 aromatic carbocycles. The highest BCUT2D eigenvalue weighted by Gasteiger charge is 2.47. The van der Waals surface area contributed by atoms with Crippen LogP contribution in [0.4, 0.5) is 4.79 Å². The zero-order valence-corrected chi connectivity index (χ0v) is 18.1. The van der Waals surface area contributed by atoms with E-state index in [1.807, 2.05) is 9.80 Å². The summed E-state index contributed by atoms with van der Waals surface area (Å²) >= 11 is 0. The second-order valence-corrected chi connectivity index (χ2v) is 8.64. The average Bonchev–Trinajstić information content (AvgIpc) is 2.93. The zero-order chi connectivity index (χ0) is 21.7. The Labute approximate surface area is 177 Å². The van der Waals surface area contributed by atoms with Crippen molar-refractivity contribution in [2.24, 2.45) is 0 Å². The van der Waals surface area contributed by atoms with E-state index in [0.29, 0.717) is 39.1 Å². The van der Waals surface area contributed by atoms with Crippen molar-refractivity contribution in [2.75, 3.05) is 52.4 Å². The molecule has 3 fully saturated rings. The lowest BCUT2D eigenvalue weighted by molar-refractivity contribution is -0.139. The van der Waals surface area contributed by atoms with Gasteiger partial charge in [0.15, 0.2) is 0 Å². The maximum atomic E-state index is 12.5. The first-order valence-electron chi connectivity index (χ1n) is 11.0. The average molecular weight is 423 g/mol. The summed E-state index contributed by atoms with van der Waals surface area (Å²) in [6.45, 7) is 8.45. The standard InChI is InChI=1S/C20H34N6O4/c1-3-20(2)18(29)26(19(30)21-20)22-16(27)14-23-10-12-24(13-11-23)15-17(28)25-8-6-4-5-7-9-25/h3-15H2,1-2H3,(H,21,30)(H,22,27)/t20-/m1/s1. The fraction of sp³-hybridized carbons (Fsp3) is 0.800. The van der Waals surface area contributed by atoms with Crippen LogP contribution in [0.25, 0.3) is 0 Å². The Morgan fingerprint density at radius 2 is 1.50 bits per heavy atom. The predicted octanol–water partition coefficient (Wildman–Crippen LogP) is -0.242. The highest BCUT2D eigenvalue weighted by atomic mass is 16.2. The minimum Gasteiger partial charge on any atom is -0.342 e. The molecule has 0 bridgehead atoms. The third-order valence-electron chi connectivity index (χ3n) is 6.35. The number of hydrogen-bond acceptors (Lipinski definition) is 6. The Bertz CT molecular complexity index is 670. The van der Waals surface area contributed by atoms with Gasteiger partial charge in [0.25, 0.3) is 11.8 Å². The van der Waals surface area contributed by atoms with E-state index in [1.54, 1.807) is 13.8 Å². The van der Waals surface area contributed by atoms with Gasteiger partial charge in [0.1, 0.15) is 5.54 Å². The Morgan fingerprint density at radius 3 is 2.03 bits per heavy atom. The van der Waals surface area contributed by atoms with Gasteiger partial charge in [-0.05, 0) is 26.2 Å². The van der Waals surface area contributed by atoms with Crippen molar-refractivity contribution in [1.29, 1.82) is 0 Å². The van der Waals surface area contributed by atoms with Gasteiger partial charge in [-0.1, -0.05) is 19.8 Å². The Hall–Kier alpha value is -2.20. The van der Waals surface area contributed by atoms with E-state index in [4.69, 9.17) is 0 Å². The minimum absolute atomic E-state index is 0.105. The molecule has 3 saturated heterocycles. The number of amides is 5. The molecule has 3 aliphatic rings. The van der Waals surface area contributed by atoms with Crippen molar-refractivity contribution >= 4 is 23.8 Å². The molecule has 10 nitrogen and oxygen atoms in total. The summed E-state index contributed by atoms with van der Waals surface area (Å²) in [5, 5.41) is 3.39. The van der Waals surface area contributed by atoms with Crippen LogP contribution < -0.4 is 10.7 Å². The Balaban J connectivity index is 1.40. The van der Waals surface area contributed by atoms with Crippen LogP contribution in [0.2, 0.25) is 0 Å². The molecule has 3 heterocycles. The molecular weight excluding hydrogens is 388 g/mol. The van der Waals surface area contributed by atoms with Crippen molar-refractivity contribution in [3.63, 3.8) is 0 Å². The van der Waals surface area contributed by atoms with Crippen molar-refractivity contribution in [3.05, 3.63) is 0 Å². The largest absolute Gasteiger partial charge is 0.344 e. The summed E-state index contributed by atoms with van der Waals surface area (Å²) < 4.78 is 0. The van der Waals surface area contributed by atoms with Crippen LogP contribution in [-0.4, -0.2) is 101 Å². The molecule has 0 aromatic rings. The minimum atomic E-state index is -0.976. The lowest BCUT2D eigenvalue weighted by Gasteiger charge is -2.35. The first kappa shape index (κ1) is 22.5. The molecule has 1 atom stereocenters. The molecule has 10 heteroatoms. The van der Waals surface area contributed by atoms with E-state index in [1.165, 1.54) is 12.8 Å². The molecule has 0 saturated carbocycles. The van der Waals surface area contributed by atoms with Crippen LogP contribution in [-0.2, 0) is 14.4 Å². The van der Waals surface area contributed by atoms with E-state index in [0.717, 1.165) is 30.9 Å². The molecular formula is C20H34N6O4. The van der Waals surface area contributed by atoms with Crippen molar-refractivity contribution in [1.82, 2.24) is 30.5 Å². The van der Waals surface area contributed by atoms with Gasteiger partial charge in [-0.15, -0.1) is 0 Å². The fourth-order valence-electron chi connectivity index (χ4n) is 4.11. The summed E-state index contributed by atoms with van der Waals surface area (Å²) in [4.78, 5) is 55.4. The summed E-state index contributed by atoms with van der Waals surface area (Å²) in [5.41, 5.74) is 1.45. The Morgan fingerprint density at radius 1 is 0.933 bits per heavy atom.